The van der Waals surface area contributed by atoms with Gasteiger partial charge in [0.15, 0.2) is 5.78 Å². The van der Waals surface area contributed by atoms with Crippen molar-refractivity contribution in [2.75, 3.05) is 6.54 Å². The summed E-state index contributed by atoms with van der Waals surface area (Å²) in [6, 6.07) is 9.94. The molecule has 2 nitrogen and oxygen atoms in total. The summed E-state index contributed by atoms with van der Waals surface area (Å²) >= 11 is 0. The summed E-state index contributed by atoms with van der Waals surface area (Å²) in [6.45, 7) is 8.44. The molecule has 0 N–H and O–H groups in total. The molecule has 1 aromatic carbocycles. The molecule has 0 bridgehead atoms. The topological polar surface area (TPSA) is 29.4 Å². The average molecular weight is 231 g/mol. The summed E-state index contributed by atoms with van der Waals surface area (Å²) in [4.78, 5) is 16.0. The Labute approximate surface area is 104 Å². The van der Waals surface area contributed by atoms with Gasteiger partial charge < -0.3 is 0 Å². The number of rotatable bonds is 4. The van der Waals surface area contributed by atoms with E-state index in [2.05, 4.69) is 25.8 Å². The highest BCUT2D eigenvalue weighted by atomic mass is 16.1. The Bertz CT molecular complexity index is 399. The number of ketones is 1. The van der Waals surface area contributed by atoms with Gasteiger partial charge >= 0.3 is 0 Å². The van der Waals surface area contributed by atoms with Crippen molar-refractivity contribution in [2.24, 2.45) is 10.4 Å². The first kappa shape index (κ1) is 13.6. The Balaban J connectivity index is 2.57. The molecular formula is C15H21NO. The number of carbonyl (C=O) groups excluding carboxylic acids is 1. The van der Waals surface area contributed by atoms with Crippen LogP contribution in [0.15, 0.2) is 35.3 Å². The van der Waals surface area contributed by atoms with E-state index in [1.54, 1.807) is 0 Å². The molecule has 2 heteroatoms. The maximum absolute atomic E-state index is 11.7. The van der Waals surface area contributed by atoms with Gasteiger partial charge in [0.2, 0.25) is 0 Å². The highest BCUT2D eigenvalue weighted by molar-refractivity contribution is 5.99. The lowest BCUT2D eigenvalue weighted by Crippen LogP contribution is -2.15. The lowest BCUT2D eigenvalue weighted by molar-refractivity contribution is -0.119. The van der Waals surface area contributed by atoms with Crippen molar-refractivity contribution in [2.45, 2.75) is 34.1 Å². The Morgan fingerprint density at radius 3 is 2.29 bits per heavy atom. The van der Waals surface area contributed by atoms with Crippen LogP contribution < -0.4 is 0 Å². The number of aliphatic imine (C=N–C) groups is 1. The van der Waals surface area contributed by atoms with Crippen molar-refractivity contribution in [3.8, 4) is 0 Å². The van der Waals surface area contributed by atoms with Gasteiger partial charge in [0, 0.05) is 12.1 Å². The van der Waals surface area contributed by atoms with Crippen LogP contribution in [0.25, 0.3) is 0 Å². The summed E-state index contributed by atoms with van der Waals surface area (Å²) in [5.74, 6) is 0.202. The smallest absolute Gasteiger partial charge is 0.154 e. The molecule has 0 amide bonds. The van der Waals surface area contributed by atoms with E-state index in [1.165, 1.54) is 0 Å². The van der Waals surface area contributed by atoms with Gasteiger partial charge in [0.25, 0.3) is 0 Å². The fourth-order valence-electron chi connectivity index (χ4n) is 1.62. The molecule has 1 aromatic rings. The van der Waals surface area contributed by atoms with Crippen LogP contribution in [0.3, 0.4) is 0 Å². The summed E-state index contributed by atoms with van der Waals surface area (Å²) in [5, 5.41) is 0. The van der Waals surface area contributed by atoms with Crippen molar-refractivity contribution >= 4 is 11.5 Å². The first-order valence-electron chi connectivity index (χ1n) is 5.97. The lowest BCUT2D eigenvalue weighted by Gasteiger charge is -2.15. The number of hydrogen-bond acceptors (Lipinski definition) is 2. The maximum Gasteiger partial charge on any atom is 0.154 e. The Morgan fingerprint density at radius 1 is 1.18 bits per heavy atom. The standard InChI is InChI=1S/C15H21NO/c1-12(13-8-6-5-7-9-13)16-11-14(17)10-15(2,3)4/h5-9H,10-11H2,1-4H3. The Hall–Kier alpha value is -1.44. The highest BCUT2D eigenvalue weighted by Gasteiger charge is 2.15. The second kappa shape index (κ2) is 5.76. The van der Waals surface area contributed by atoms with Crippen molar-refractivity contribution in [1.29, 1.82) is 0 Å². The molecule has 0 atom stereocenters. The predicted molar refractivity (Wildman–Crippen MR) is 72.6 cm³/mol. The zero-order valence-electron chi connectivity index (χ0n) is 11.2. The second-order valence-corrected chi connectivity index (χ2v) is 5.54. The summed E-state index contributed by atoms with van der Waals surface area (Å²) in [7, 11) is 0. The van der Waals surface area contributed by atoms with E-state index in [4.69, 9.17) is 0 Å². The van der Waals surface area contributed by atoms with Crippen LogP contribution in [-0.4, -0.2) is 18.0 Å². The molecular weight excluding hydrogens is 210 g/mol. The maximum atomic E-state index is 11.7. The zero-order chi connectivity index (χ0) is 12.9. The molecule has 92 valence electrons. The van der Waals surface area contributed by atoms with E-state index >= 15 is 0 Å². The normalized spacial score (nSPS) is 12.6. The summed E-state index contributed by atoms with van der Waals surface area (Å²) in [5.41, 5.74) is 2.05. The molecule has 0 radical (unpaired) electrons. The molecule has 0 fully saturated rings. The third-order valence-corrected chi connectivity index (χ3v) is 2.41. The molecule has 1 rings (SSSR count). The fourth-order valence-corrected chi connectivity index (χ4v) is 1.62. The van der Waals surface area contributed by atoms with Crippen LogP contribution >= 0.6 is 0 Å². The van der Waals surface area contributed by atoms with Crippen LogP contribution in [0.4, 0.5) is 0 Å². The molecule has 0 spiro atoms. The SMILES string of the molecule is CC(=NCC(=O)CC(C)(C)C)c1ccccc1. The van der Waals surface area contributed by atoms with E-state index in [0.717, 1.165) is 11.3 Å². The monoisotopic (exact) mass is 231 g/mol. The number of nitrogens with zero attached hydrogens (tertiary/aromatic N) is 1. The van der Waals surface area contributed by atoms with Gasteiger partial charge in [-0.05, 0) is 17.9 Å². The minimum atomic E-state index is 0.0489. The molecule has 0 saturated carbocycles. The third kappa shape index (κ3) is 5.43. The third-order valence-electron chi connectivity index (χ3n) is 2.41. The van der Waals surface area contributed by atoms with E-state index in [0.29, 0.717) is 6.42 Å². The summed E-state index contributed by atoms with van der Waals surface area (Å²) in [6.07, 6.45) is 0.582. The van der Waals surface area contributed by atoms with Gasteiger partial charge in [-0.15, -0.1) is 0 Å². The van der Waals surface area contributed by atoms with Gasteiger partial charge in [-0.1, -0.05) is 51.1 Å². The molecule has 0 heterocycles. The highest BCUT2D eigenvalue weighted by Crippen LogP contribution is 2.18. The van der Waals surface area contributed by atoms with E-state index in [1.807, 2.05) is 37.3 Å². The number of carbonyl (C=O) groups is 1. The molecule has 17 heavy (non-hydrogen) atoms. The van der Waals surface area contributed by atoms with Crippen LogP contribution in [0.5, 0.6) is 0 Å². The van der Waals surface area contributed by atoms with E-state index in [-0.39, 0.29) is 17.7 Å². The van der Waals surface area contributed by atoms with Crippen LogP contribution in [0, 0.1) is 5.41 Å². The molecule has 0 aliphatic heterocycles. The molecule has 0 aliphatic rings. The van der Waals surface area contributed by atoms with Crippen molar-refractivity contribution in [3.05, 3.63) is 35.9 Å². The number of Topliss-reactive ketones (excluding diaryl/α,β-unsaturated/α-hetero) is 1. The van der Waals surface area contributed by atoms with Gasteiger partial charge in [-0.25, -0.2) is 0 Å². The quantitative estimate of drug-likeness (QED) is 0.729. The summed E-state index contributed by atoms with van der Waals surface area (Å²) < 4.78 is 0. The van der Waals surface area contributed by atoms with Crippen molar-refractivity contribution in [1.82, 2.24) is 0 Å². The Morgan fingerprint density at radius 2 is 1.76 bits per heavy atom. The molecule has 0 aromatic heterocycles. The second-order valence-electron chi connectivity index (χ2n) is 5.54. The first-order chi connectivity index (χ1) is 7.88. The van der Waals surface area contributed by atoms with Gasteiger partial charge in [-0.2, -0.15) is 0 Å². The largest absolute Gasteiger partial charge is 0.298 e. The molecule has 0 aliphatic carbocycles. The minimum Gasteiger partial charge on any atom is -0.298 e. The predicted octanol–water partition coefficient (Wildman–Crippen LogP) is 3.50. The van der Waals surface area contributed by atoms with Gasteiger partial charge in [0.05, 0.1) is 6.54 Å². The van der Waals surface area contributed by atoms with E-state index < -0.39 is 0 Å². The van der Waals surface area contributed by atoms with Crippen LogP contribution in [0.2, 0.25) is 0 Å². The molecule has 0 saturated heterocycles. The van der Waals surface area contributed by atoms with Crippen molar-refractivity contribution in [3.63, 3.8) is 0 Å². The van der Waals surface area contributed by atoms with Crippen LogP contribution in [-0.2, 0) is 4.79 Å². The number of hydrogen-bond donors (Lipinski definition) is 0. The van der Waals surface area contributed by atoms with Gasteiger partial charge in [0.1, 0.15) is 0 Å². The minimum absolute atomic E-state index is 0.0489. The molecule has 0 unspecified atom stereocenters. The fraction of sp³-hybridized carbons (Fsp3) is 0.467. The van der Waals surface area contributed by atoms with Crippen LogP contribution in [0.1, 0.15) is 39.7 Å². The number of benzene rings is 1. The Kier molecular flexibility index (Phi) is 4.62. The zero-order valence-corrected chi connectivity index (χ0v) is 11.2. The first-order valence-corrected chi connectivity index (χ1v) is 5.97. The van der Waals surface area contributed by atoms with E-state index in [9.17, 15) is 4.79 Å². The average Bonchev–Trinajstić information content (AvgIpc) is 2.25. The van der Waals surface area contributed by atoms with Gasteiger partial charge in [-0.3, -0.25) is 9.79 Å². The van der Waals surface area contributed by atoms with Crippen molar-refractivity contribution < 1.29 is 4.79 Å². The lowest BCUT2D eigenvalue weighted by atomic mass is 9.90.